The minimum absolute atomic E-state index is 0.192. The molecule has 0 bridgehead atoms. The van der Waals surface area contributed by atoms with Crippen molar-refractivity contribution in [1.82, 2.24) is 5.32 Å². The van der Waals surface area contributed by atoms with Crippen LogP contribution in [-0.4, -0.2) is 38.7 Å². The normalized spacial score (nSPS) is 10.4. The Morgan fingerprint density at radius 1 is 1.29 bits per heavy atom. The second-order valence-electron chi connectivity index (χ2n) is 5.61. The Morgan fingerprint density at radius 3 is 2.58 bits per heavy atom. The summed E-state index contributed by atoms with van der Waals surface area (Å²) in [6.07, 6.45) is 0.814. The van der Waals surface area contributed by atoms with Gasteiger partial charge in [0.2, 0.25) is 0 Å². The van der Waals surface area contributed by atoms with Crippen LogP contribution in [0.3, 0.4) is 0 Å². The van der Waals surface area contributed by atoms with Crippen LogP contribution in [0.15, 0.2) is 12.1 Å². The first-order valence-corrected chi connectivity index (χ1v) is 8.21. The maximum absolute atomic E-state index is 12.1. The highest BCUT2D eigenvalue weighted by molar-refractivity contribution is 6.32. The van der Waals surface area contributed by atoms with Crippen LogP contribution in [0.1, 0.15) is 37.6 Å². The van der Waals surface area contributed by atoms with E-state index in [9.17, 15) is 9.59 Å². The highest BCUT2D eigenvalue weighted by Gasteiger charge is 2.17. The number of carbonyl (C=O) groups excluding carboxylic acids is 2. The molecule has 24 heavy (non-hydrogen) atoms. The van der Waals surface area contributed by atoms with Gasteiger partial charge in [0.1, 0.15) is 0 Å². The van der Waals surface area contributed by atoms with Crippen LogP contribution in [0.2, 0.25) is 5.02 Å². The van der Waals surface area contributed by atoms with Crippen LogP contribution in [0.5, 0.6) is 11.5 Å². The Labute approximate surface area is 147 Å². The number of halogens is 1. The van der Waals surface area contributed by atoms with E-state index in [0.29, 0.717) is 30.6 Å². The Balaban J connectivity index is 2.73. The second-order valence-corrected chi connectivity index (χ2v) is 6.02. The van der Waals surface area contributed by atoms with Gasteiger partial charge in [-0.05, 0) is 24.5 Å². The molecule has 0 fully saturated rings. The molecule has 0 aliphatic rings. The molecule has 7 heteroatoms. The lowest BCUT2D eigenvalue weighted by Gasteiger charge is -2.13. The van der Waals surface area contributed by atoms with E-state index in [1.165, 1.54) is 19.2 Å². The third kappa shape index (κ3) is 6.28. The van der Waals surface area contributed by atoms with E-state index >= 15 is 0 Å². The van der Waals surface area contributed by atoms with E-state index in [2.05, 4.69) is 5.32 Å². The topological polar surface area (TPSA) is 73.9 Å². The molecule has 0 saturated carbocycles. The fourth-order valence-corrected chi connectivity index (χ4v) is 2.03. The zero-order valence-corrected chi connectivity index (χ0v) is 15.2. The molecular formula is C17H24ClNO5. The number of benzene rings is 1. The van der Waals surface area contributed by atoms with Crippen molar-refractivity contribution in [2.24, 2.45) is 5.92 Å². The number of amides is 1. The zero-order chi connectivity index (χ0) is 18.1. The summed E-state index contributed by atoms with van der Waals surface area (Å²) < 4.78 is 15.7. The van der Waals surface area contributed by atoms with E-state index < -0.39 is 5.97 Å². The van der Waals surface area contributed by atoms with Gasteiger partial charge in [-0.2, -0.15) is 0 Å². The van der Waals surface area contributed by atoms with Gasteiger partial charge in [0.25, 0.3) is 5.91 Å². The smallest absolute Gasteiger partial charge is 0.338 e. The largest absolute Gasteiger partial charge is 0.493 e. The maximum Gasteiger partial charge on any atom is 0.338 e. The molecule has 1 rings (SSSR count). The predicted molar refractivity (Wildman–Crippen MR) is 91.9 cm³/mol. The van der Waals surface area contributed by atoms with Crippen molar-refractivity contribution >= 4 is 23.5 Å². The summed E-state index contributed by atoms with van der Waals surface area (Å²) in [6, 6.07) is 2.91. The van der Waals surface area contributed by atoms with Gasteiger partial charge in [0.15, 0.2) is 18.1 Å². The quantitative estimate of drug-likeness (QED) is 0.687. The van der Waals surface area contributed by atoms with Gasteiger partial charge >= 0.3 is 5.97 Å². The average Bonchev–Trinajstić information content (AvgIpc) is 2.55. The summed E-state index contributed by atoms with van der Waals surface area (Å²) in [5, 5.41) is 2.92. The van der Waals surface area contributed by atoms with Crippen LogP contribution in [-0.2, 0) is 9.53 Å². The maximum atomic E-state index is 12.1. The molecule has 1 N–H and O–H groups in total. The van der Waals surface area contributed by atoms with Crippen molar-refractivity contribution < 1.29 is 23.8 Å². The van der Waals surface area contributed by atoms with E-state index in [0.717, 1.165) is 6.42 Å². The number of rotatable bonds is 9. The van der Waals surface area contributed by atoms with Crippen LogP contribution >= 0.6 is 11.6 Å². The molecule has 0 radical (unpaired) electrons. The Bertz CT molecular complexity index is 574. The van der Waals surface area contributed by atoms with Crippen molar-refractivity contribution in [1.29, 1.82) is 0 Å². The van der Waals surface area contributed by atoms with Crippen LogP contribution in [0.4, 0.5) is 0 Å². The molecule has 0 spiro atoms. The summed E-state index contributed by atoms with van der Waals surface area (Å²) in [5.41, 5.74) is 0.192. The van der Waals surface area contributed by atoms with Gasteiger partial charge in [-0.3, -0.25) is 4.79 Å². The van der Waals surface area contributed by atoms with E-state index in [1.807, 2.05) is 20.8 Å². The Hall–Kier alpha value is -1.95. The van der Waals surface area contributed by atoms with E-state index in [-0.39, 0.29) is 23.1 Å². The van der Waals surface area contributed by atoms with Crippen LogP contribution < -0.4 is 14.8 Å². The third-order valence-electron chi connectivity index (χ3n) is 2.96. The standard InChI is InChI=1S/C17H24ClNO5/c1-5-6-23-16-13(18)7-12(8-14(16)22-4)17(21)24-10-15(20)19-9-11(2)3/h7-8,11H,5-6,9-10H2,1-4H3,(H,19,20). The molecule has 0 atom stereocenters. The van der Waals surface area contributed by atoms with Gasteiger partial charge in [0, 0.05) is 6.54 Å². The summed E-state index contributed by atoms with van der Waals surface area (Å²) in [5.74, 6) is 0.0396. The average molecular weight is 358 g/mol. The number of nitrogens with one attached hydrogen (secondary N) is 1. The molecule has 1 aromatic rings. The summed E-state index contributed by atoms with van der Waals surface area (Å²) >= 11 is 6.15. The lowest BCUT2D eigenvalue weighted by Crippen LogP contribution is -2.31. The van der Waals surface area contributed by atoms with Gasteiger partial charge in [-0.25, -0.2) is 4.79 Å². The third-order valence-corrected chi connectivity index (χ3v) is 3.24. The highest BCUT2D eigenvalue weighted by Crippen LogP contribution is 2.36. The fourth-order valence-electron chi connectivity index (χ4n) is 1.77. The molecular weight excluding hydrogens is 334 g/mol. The molecule has 0 aromatic heterocycles. The first-order valence-electron chi connectivity index (χ1n) is 7.83. The fraction of sp³-hybridized carbons (Fsp3) is 0.529. The second kappa shape index (κ2) is 10.0. The van der Waals surface area contributed by atoms with Gasteiger partial charge in [-0.15, -0.1) is 0 Å². The van der Waals surface area contributed by atoms with E-state index in [4.69, 9.17) is 25.8 Å². The number of esters is 1. The number of methoxy groups -OCH3 is 1. The minimum Gasteiger partial charge on any atom is -0.493 e. The molecule has 0 saturated heterocycles. The number of hydrogen-bond acceptors (Lipinski definition) is 5. The van der Waals surface area contributed by atoms with Crippen molar-refractivity contribution in [2.75, 3.05) is 26.9 Å². The number of hydrogen-bond donors (Lipinski definition) is 1. The lowest BCUT2D eigenvalue weighted by molar-refractivity contribution is -0.124. The zero-order valence-electron chi connectivity index (χ0n) is 14.5. The van der Waals surface area contributed by atoms with Crippen molar-refractivity contribution in [2.45, 2.75) is 27.2 Å². The molecule has 1 amide bonds. The van der Waals surface area contributed by atoms with E-state index in [1.54, 1.807) is 0 Å². The monoisotopic (exact) mass is 357 g/mol. The van der Waals surface area contributed by atoms with Crippen LogP contribution in [0, 0.1) is 5.92 Å². The van der Waals surface area contributed by atoms with Crippen molar-refractivity contribution in [3.8, 4) is 11.5 Å². The lowest BCUT2D eigenvalue weighted by atomic mass is 10.2. The summed E-state index contributed by atoms with van der Waals surface area (Å²) in [7, 11) is 1.46. The first kappa shape index (κ1) is 20.1. The Kier molecular flexibility index (Phi) is 8.40. The SMILES string of the molecule is CCCOc1c(Cl)cc(C(=O)OCC(=O)NCC(C)C)cc1OC. The Morgan fingerprint density at radius 2 is 2.00 bits per heavy atom. The first-order chi connectivity index (χ1) is 11.4. The minimum atomic E-state index is -0.656. The molecule has 0 aliphatic carbocycles. The van der Waals surface area contributed by atoms with Gasteiger partial charge in [-0.1, -0.05) is 32.4 Å². The summed E-state index contributed by atoms with van der Waals surface area (Å²) in [6.45, 7) is 6.58. The molecule has 134 valence electrons. The molecule has 1 aromatic carbocycles. The van der Waals surface area contributed by atoms with Crippen molar-refractivity contribution in [3.05, 3.63) is 22.7 Å². The summed E-state index contributed by atoms with van der Waals surface area (Å²) in [4.78, 5) is 23.7. The predicted octanol–water partition coefficient (Wildman–Crippen LogP) is 3.07. The number of carbonyl (C=O) groups is 2. The molecule has 0 unspecified atom stereocenters. The van der Waals surface area contributed by atoms with Gasteiger partial charge in [0.05, 0.1) is 24.3 Å². The number of ether oxygens (including phenoxy) is 3. The van der Waals surface area contributed by atoms with Crippen LogP contribution in [0.25, 0.3) is 0 Å². The molecule has 6 nitrogen and oxygen atoms in total. The molecule has 0 heterocycles. The van der Waals surface area contributed by atoms with Gasteiger partial charge < -0.3 is 19.5 Å². The van der Waals surface area contributed by atoms with Crippen molar-refractivity contribution in [3.63, 3.8) is 0 Å². The highest BCUT2D eigenvalue weighted by atomic mass is 35.5. The molecule has 0 aliphatic heterocycles.